The second kappa shape index (κ2) is 7.98. The van der Waals surface area contributed by atoms with Crippen LogP contribution in [0.3, 0.4) is 0 Å². The Morgan fingerprint density at radius 3 is 2.70 bits per heavy atom. The molecule has 1 atom stereocenters. The highest BCUT2D eigenvalue weighted by atomic mass is 19.1. The van der Waals surface area contributed by atoms with E-state index in [9.17, 15) is 9.18 Å². The molecule has 2 rings (SSSR count). The fraction of sp³-hybridized carbons (Fsp3) is 0.167. The van der Waals surface area contributed by atoms with Gasteiger partial charge in [0.1, 0.15) is 23.9 Å². The monoisotopic (exact) mass is 315 g/mol. The number of amides is 1. The van der Waals surface area contributed by atoms with Crippen LogP contribution in [0, 0.1) is 5.82 Å². The Morgan fingerprint density at radius 1 is 1.26 bits per heavy atom. The average Bonchev–Trinajstić information content (AvgIpc) is 2.55. The summed E-state index contributed by atoms with van der Waals surface area (Å²) in [4.78, 5) is 12.1. The van der Waals surface area contributed by atoms with Crippen LogP contribution in [0.5, 0.6) is 11.5 Å². The van der Waals surface area contributed by atoms with Gasteiger partial charge in [-0.2, -0.15) is 0 Å². The molecule has 0 aromatic heterocycles. The molecule has 0 fully saturated rings. The zero-order valence-corrected chi connectivity index (χ0v) is 12.8. The van der Waals surface area contributed by atoms with Crippen LogP contribution in [0.4, 0.5) is 10.1 Å². The number of hydrogen-bond donors (Lipinski definition) is 1. The third-order valence-electron chi connectivity index (χ3n) is 2.97. The van der Waals surface area contributed by atoms with Crippen molar-refractivity contribution >= 4 is 11.6 Å². The number of ether oxygens (including phenoxy) is 2. The largest absolute Gasteiger partial charge is 0.489 e. The standard InChI is InChI=1S/C18H18FNO3/c1-3-11-22-17-6-4-5-15(12-17)20-18(21)13(2)23-16-9-7-14(19)8-10-16/h3-10,12-13H,1,11H2,2H3,(H,20,21)/t13-/m0/s1. The highest BCUT2D eigenvalue weighted by molar-refractivity contribution is 5.94. The summed E-state index contributed by atoms with van der Waals surface area (Å²) in [7, 11) is 0. The summed E-state index contributed by atoms with van der Waals surface area (Å²) >= 11 is 0. The highest BCUT2D eigenvalue weighted by Gasteiger charge is 2.15. The zero-order valence-electron chi connectivity index (χ0n) is 12.8. The third kappa shape index (κ3) is 5.14. The number of halogens is 1. The van der Waals surface area contributed by atoms with E-state index in [-0.39, 0.29) is 11.7 Å². The van der Waals surface area contributed by atoms with Gasteiger partial charge in [0.25, 0.3) is 5.91 Å². The van der Waals surface area contributed by atoms with Crippen molar-refractivity contribution in [3.63, 3.8) is 0 Å². The first-order valence-electron chi connectivity index (χ1n) is 7.15. The van der Waals surface area contributed by atoms with Crippen molar-refractivity contribution in [1.82, 2.24) is 0 Å². The molecule has 23 heavy (non-hydrogen) atoms. The first-order valence-corrected chi connectivity index (χ1v) is 7.15. The summed E-state index contributed by atoms with van der Waals surface area (Å²) in [6.45, 7) is 5.59. The summed E-state index contributed by atoms with van der Waals surface area (Å²) in [6.07, 6.45) is 0.919. The van der Waals surface area contributed by atoms with Gasteiger partial charge in [-0.3, -0.25) is 4.79 Å². The van der Waals surface area contributed by atoms with Crippen LogP contribution >= 0.6 is 0 Å². The van der Waals surface area contributed by atoms with E-state index in [1.807, 2.05) is 0 Å². The lowest BCUT2D eigenvalue weighted by molar-refractivity contribution is -0.122. The summed E-state index contributed by atoms with van der Waals surface area (Å²) < 4.78 is 23.7. The summed E-state index contributed by atoms with van der Waals surface area (Å²) in [5, 5.41) is 2.75. The van der Waals surface area contributed by atoms with E-state index in [0.717, 1.165) is 0 Å². The van der Waals surface area contributed by atoms with E-state index in [1.165, 1.54) is 24.3 Å². The lowest BCUT2D eigenvalue weighted by Gasteiger charge is -2.15. The number of benzene rings is 2. The molecule has 2 aromatic rings. The van der Waals surface area contributed by atoms with Crippen molar-refractivity contribution in [3.05, 3.63) is 67.0 Å². The van der Waals surface area contributed by atoms with E-state index in [2.05, 4.69) is 11.9 Å². The Morgan fingerprint density at radius 2 is 2.00 bits per heavy atom. The van der Waals surface area contributed by atoms with Gasteiger partial charge in [0.2, 0.25) is 0 Å². The molecule has 0 aliphatic rings. The second-order valence-electron chi connectivity index (χ2n) is 4.83. The summed E-state index contributed by atoms with van der Waals surface area (Å²) in [6, 6.07) is 12.5. The quantitative estimate of drug-likeness (QED) is 0.791. The molecule has 5 heteroatoms. The van der Waals surface area contributed by atoms with Crippen molar-refractivity contribution in [2.24, 2.45) is 0 Å². The normalized spacial score (nSPS) is 11.4. The molecule has 0 radical (unpaired) electrons. The van der Waals surface area contributed by atoms with Gasteiger partial charge in [0, 0.05) is 11.8 Å². The molecule has 4 nitrogen and oxygen atoms in total. The minimum absolute atomic E-state index is 0.310. The topological polar surface area (TPSA) is 47.6 Å². The predicted molar refractivity (Wildman–Crippen MR) is 87.3 cm³/mol. The van der Waals surface area contributed by atoms with Crippen molar-refractivity contribution in [2.45, 2.75) is 13.0 Å². The maximum Gasteiger partial charge on any atom is 0.265 e. The number of nitrogens with one attached hydrogen (secondary N) is 1. The van der Waals surface area contributed by atoms with Crippen LogP contribution in [0.25, 0.3) is 0 Å². The summed E-state index contributed by atoms with van der Waals surface area (Å²) in [5.41, 5.74) is 0.603. The van der Waals surface area contributed by atoms with Crippen molar-refractivity contribution in [3.8, 4) is 11.5 Å². The van der Waals surface area contributed by atoms with Gasteiger partial charge in [0.05, 0.1) is 0 Å². The first-order chi connectivity index (χ1) is 11.1. The predicted octanol–water partition coefficient (Wildman–Crippen LogP) is 3.80. The molecule has 120 valence electrons. The molecular formula is C18H18FNO3. The van der Waals surface area contributed by atoms with Crippen molar-refractivity contribution in [2.75, 3.05) is 11.9 Å². The lowest BCUT2D eigenvalue weighted by Crippen LogP contribution is -2.30. The van der Waals surface area contributed by atoms with E-state index >= 15 is 0 Å². The van der Waals surface area contributed by atoms with Gasteiger partial charge in [-0.25, -0.2) is 4.39 Å². The smallest absolute Gasteiger partial charge is 0.265 e. The number of carbonyl (C=O) groups is 1. The van der Waals surface area contributed by atoms with Crippen LogP contribution in [-0.2, 0) is 4.79 Å². The third-order valence-corrected chi connectivity index (χ3v) is 2.97. The van der Waals surface area contributed by atoms with Crippen LogP contribution in [0.15, 0.2) is 61.2 Å². The number of carbonyl (C=O) groups excluding carboxylic acids is 1. The molecule has 0 bridgehead atoms. The number of anilines is 1. The van der Waals surface area contributed by atoms with Crippen LogP contribution in [-0.4, -0.2) is 18.6 Å². The molecule has 0 saturated carbocycles. The fourth-order valence-electron chi connectivity index (χ4n) is 1.83. The van der Waals surface area contributed by atoms with Gasteiger partial charge in [0.15, 0.2) is 6.10 Å². The minimum atomic E-state index is -0.724. The molecule has 0 unspecified atom stereocenters. The Labute approximate surface area is 134 Å². The van der Waals surface area contributed by atoms with Gasteiger partial charge < -0.3 is 14.8 Å². The van der Waals surface area contributed by atoms with Gasteiger partial charge in [-0.15, -0.1) is 0 Å². The molecular weight excluding hydrogens is 297 g/mol. The number of rotatable bonds is 7. The molecule has 2 aromatic carbocycles. The Hall–Kier alpha value is -2.82. The molecule has 1 amide bonds. The molecule has 0 aliphatic carbocycles. The van der Waals surface area contributed by atoms with E-state index in [1.54, 1.807) is 37.3 Å². The summed E-state index contributed by atoms with van der Waals surface area (Å²) in [5.74, 6) is 0.396. The fourth-order valence-corrected chi connectivity index (χ4v) is 1.83. The van der Waals surface area contributed by atoms with Crippen molar-refractivity contribution in [1.29, 1.82) is 0 Å². The Balaban J connectivity index is 1.95. The first kappa shape index (κ1) is 16.5. The van der Waals surface area contributed by atoms with Gasteiger partial charge in [-0.1, -0.05) is 18.7 Å². The van der Waals surface area contributed by atoms with Gasteiger partial charge >= 0.3 is 0 Å². The second-order valence-corrected chi connectivity index (χ2v) is 4.83. The van der Waals surface area contributed by atoms with Crippen LogP contribution < -0.4 is 14.8 Å². The minimum Gasteiger partial charge on any atom is -0.489 e. The van der Waals surface area contributed by atoms with E-state index < -0.39 is 6.10 Å². The SMILES string of the molecule is C=CCOc1cccc(NC(=O)[C@H](C)Oc2ccc(F)cc2)c1. The maximum atomic E-state index is 12.8. The van der Waals surface area contributed by atoms with Crippen molar-refractivity contribution < 1.29 is 18.7 Å². The molecule has 0 aliphatic heterocycles. The number of hydrogen-bond acceptors (Lipinski definition) is 3. The molecule has 0 spiro atoms. The highest BCUT2D eigenvalue weighted by Crippen LogP contribution is 2.18. The van der Waals surface area contributed by atoms with Crippen LogP contribution in [0.2, 0.25) is 0 Å². The van der Waals surface area contributed by atoms with E-state index in [0.29, 0.717) is 23.8 Å². The zero-order chi connectivity index (χ0) is 16.7. The van der Waals surface area contributed by atoms with Crippen LogP contribution in [0.1, 0.15) is 6.92 Å². The molecule has 0 heterocycles. The van der Waals surface area contributed by atoms with Gasteiger partial charge in [-0.05, 0) is 43.3 Å². The average molecular weight is 315 g/mol. The Kier molecular flexibility index (Phi) is 5.74. The Bertz CT molecular complexity index is 670. The molecule has 1 N–H and O–H groups in total. The maximum absolute atomic E-state index is 12.8. The van der Waals surface area contributed by atoms with E-state index in [4.69, 9.17) is 9.47 Å². The molecule has 0 saturated heterocycles. The lowest BCUT2D eigenvalue weighted by atomic mass is 10.2.